The van der Waals surface area contributed by atoms with Gasteiger partial charge in [0.25, 0.3) is 0 Å². The lowest BCUT2D eigenvalue weighted by molar-refractivity contribution is 0.104. The normalized spacial score (nSPS) is 11.0. The molecule has 2 aromatic rings. The lowest BCUT2D eigenvalue weighted by Crippen LogP contribution is -1.94. The van der Waals surface area contributed by atoms with Gasteiger partial charge in [-0.2, -0.15) is 0 Å². The van der Waals surface area contributed by atoms with Gasteiger partial charge in [0, 0.05) is 12.6 Å². The fourth-order valence-electron chi connectivity index (χ4n) is 1.43. The Balaban J connectivity index is 2.02. The number of hydrogen-bond donors (Lipinski definition) is 0. The SMILES string of the molecule is Cc1cccc(C(=O)C=CSc2nncn2C)c1. The van der Waals surface area contributed by atoms with Gasteiger partial charge < -0.3 is 4.57 Å². The summed E-state index contributed by atoms with van der Waals surface area (Å²) in [5.74, 6) is -0.00614. The number of rotatable bonds is 4. The largest absolute Gasteiger partial charge is 0.312 e. The van der Waals surface area contributed by atoms with Crippen LogP contribution in [0.25, 0.3) is 0 Å². The minimum absolute atomic E-state index is 0.00614. The van der Waals surface area contributed by atoms with E-state index in [1.165, 1.54) is 11.8 Å². The fourth-order valence-corrected chi connectivity index (χ4v) is 2.05. The minimum Gasteiger partial charge on any atom is -0.312 e. The fraction of sp³-hybridized carbons (Fsp3) is 0.154. The molecule has 1 aromatic carbocycles. The minimum atomic E-state index is -0.00614. The number of ketones is 1. The summed E-state index contributed by atoms with van der Waals surface area (Å²) in [5.41, 5.74) is 1.78. The average molecular weight is 259 g/mol. The van der Waals surface area contributed by atoms with Crippen LogP contribution in [0.3, 0.4) is 0 Å². The lowest BCUT2D eigenvalue weighted by Gasteiger charge is -1.97. The molecule has 1 heterocycles. The van der Waals surface area contributed by atoms with Crippen molar-refractivity contribution in [1.29, 1.82) is 0 Å². The van der Waals surface area contributed by atoms with Crippen molar-refractivity contribution in [2.45, 2.75) is 12.1 Å². The van der Waals surface area contributed by atoms with Gasteiger partial charge in [0.2, 0.25) is 0 Å². The maximum absolute atomic E-state index is 11.9. The number of benzene rings is 1. The van der Waals surface area contributed by atoms with E-state index in [1.54, 1.807) is 22.4 Å². The predicted molar refractivity (Wildman–Crippen MR) is 71.5 cm³/mol. The van der Waals surface area contributed by atoms with Crippen LogP contribution in [0.15, 0.2) is 47.2 Å². The van der Waals surface area contributed by atoms with Gasteiger partial charge in [-0.15, -0.1) is 10.2 Å². The van der Waals surface area contributed by atoms with Crippen molar-refractivity contribution in [2.75, 3.05) is 0 Å². The predicted octanol–water partition coefficient (Wildman–Crippen LogP) is 2.61. The van der Waals surface area contributed by atoms with Crippen molar-refractivity contribution in [1.82, 2.24) is 14.8 Å². The summed E-state index contributed by atoms with van der Waals surface area (Å²) in [5, 5.41) is 10.2. The molecule has 1 aromatic heterocycles. The van der Waals surface area contributed by atoms with Crippen molar-refractivity contribution < 1.29 is 4.79 Å². The summed E-state index contributed by atoms with van der Waals surface area (Å²) < 4.78 is 1.80. The molecule has 0 spiro atoms. The summed E-state index contributed by atoms with van der Waals surface area (Å²) in [7, 11) is 1.86. The second-order valence-corrected chi connectivity index (χ2v) is 4.75. The summed E-state index contributed by atoms with van der Waals surface area (Å²) in [4.78, 5) is 11.9. The molecule has 0 saturated heterocycles. The monoisotopic (exact) mass is 259 g/mol. The highest BCUT2D eigenvalue weighted by Gasteiger charge is 2.02. The number of allylic oxidation sites excluding steroid dienone is 1. The van der Waals surface area contributed by atoms with Gasteiger partial charge in [-0.3, -0.25) is 4.79 Å². The van der Waals surface area contributed by atoms with Crippen LogP contribution < -0.4 is 0 Å². The zero-order valence-corrected chi connectivity index (χ0v) is 11.0. The van der Waals surface area contributed by atoms with Gasteiger partial charge in [-0.1, -0.05) is 35.5 Å². The Labute approximate surface area is 110 Å². The third-order valence-corrected chi connectivity index (χ3v) is 3.22. The highest BCUT2D eigenvalue weighted by atomic mass is 32.2. The Morgan fingerprint density at radius 1 is 1.44 bits per heavy atom. The molecule has 2 rings (SSSR count). The molecule has 0 saturated carbocycles. The Kier molecular flexibility index (Phi) is 3.94. The molecule has 0 bridgehead atoms. The van der Waals surface area contributed by atoms with Crippen molar-refractivity contribution in [2.24, 2.45) is 7.05 Å². The van der Waals surface area contributed by atoms with E-state index < -0.39 is 0 Å². The third kappa shape index (κ3) is 3.07. The van der Waals surface area contributed by atoms with E-state index in [2.05, 4.69) is 10.2 Å². The Bertz CT molecular complexity index is 589. The van der Waals surface area contributed by atoms with Crippen LogP contribution in [0, 0.1) is 6.92 Å². The van der Waals surface area contributed by atoms with Crippen LogP contribution >= 0.6 is 11.8 Å². The number of carbonyl (C=O) groups excluding carboxylic acids is 1. The van der Waals surface area contributed by atoms with Gasteiger partial charge in [0.05, 0.1) is 0 Å². The van der Waals surface area contributed by atoms with Gasteiger partial charge in [-0.05, 0) is 24.5 Å². The topological polar surface area (TPSA) is 47.8 Å². The van der Waals surface area contributed by atoms with E-state index in [1.807, 2.05) is 38.2 Å². The molecule has 0 aliphatic rings. The van der Waals surface area contributed by atoms with Gasteiger partial charge in [0.1, 0.15) is 6.33 Å². The zero-order valence-electron chi connectivity index (χ0n) is 10.2. The molecule has 0 amide bonds. The second-order valence-electron chi connectivity index (χ2n) is 3.88. The molecule has 4 nitrogen and oxygen atoms in total. The summed E-state index contributed by atoms with van der Waals surface area (Å²) in [6.07, 6.45) is 3.17. The molecule has 5 heteroatoms. The number of aromatic nitrogens is 3. The van der Waals surface area contributed by atoms with Gasteiger partial charge in [-0.25, -0.2) is 0 Å². The highest BCUT2D eigenvalue weighted by molar-refractivity contribution is 8.02. The van der Waals surface area contributed by atoms with Gasteiger partial charge >= 0.3 is 0 Å². The Hall–Kier alpha value is -1.88. The van der Waals surface area contributed by atoms with Crippen LogP contribution in [-0.4, -0.2) is 20.5 Å². The molecule has 18 heavy (non-hydrogen) atoms. The smallest absolute Gasteiger partial charge is 0.194 e. The van der Waals surface area contributed by atoms with E-state index in [0.717, 1.165) is 10.7 Å². The first-order valence-electron chi connectivity index (χ1n) is 5.45. The van der Waals surface area contributed by atoms with Crippen LogP contribution in [0.2, 0.25) is 0 Å². The van der Waals surface area contributed by atoms with E-state index >= 15 is 0 Å². The quantitative estimate of drug-likeness (QED) is 0.481. The Morgan fingerprint density at radius 2 is 2.28 bits per heavy atom. The number of thioether (sulfide) groups is 1. The first-order chi connectivity index (χ1) is 8.66. The highest BCUT2D eigenvalue weighted by Crippen LogP contribution is 2.15. The first kappa shape index (κ1) is 12.6. The van der Waals surface area contributed by atoms with Crippen molar-refractivity contribution >= 4 is 17.5 Å². The van der Waals surface area contributed by atoms with E-state index in [0.29, 0.717) is 5.56 Å². The lowest BCUT2D eigenvalue weighted by atomic mass is 10.1. The van der Waals surface area contributed by atoms with E-state index in [9.17, 15) is 4.79 Å². The Morgan fingerprint density at radius 3 is 2.94 bits per heavy atom. The van der Waals surface area contributed by atoms with Crippen LogP contribution in [-0.2, 0) is 7.05 Å². The molecular weight excluding hydrogens is 246 g/mol. The van der Waals surface area contributed by atoms with Crippen molar-refractivity contribution in [3.05, 3.63) is 53.2 Å². The number of aryl methyl sites for hydroxylation is 2. The zero-order chi connectivity index (χ0) is 13.0. The van der Waals surface area contributed by atoms with Crippen LogP contribution in [0.5, 0.6) is 0 Å². The molecule has 0 N–H and O–H groups in total. The number of hydrogen-bond acceptors (Lipinski definition) is 4. The molecule has 0 unspecified atom stereocenters. The molecule has 92 valence electrons. The molecule has 0 atom stereocenters. The van der Waals surface area contributed by atoms with Gasteiger partial charge in [0.15, 0.2) is 10.9 Å². The molecule has 0 aliphatic carbocycles. The first-order valence-corrected chi connectivity index (χ1v) is 6.33. The van der Waals surface area contributed by atoms with E-state index in [-0.39, 0.29) is 5.78 Å². The molecule has 0 aliphatic heterocycles. The van der Waals surface area contributed by atoms with Crippen molar-refractivity contribution in [3.8, 4) is 0 Å². The number of carbonyl (C=O) groups is 1. The maximum Gasteiger partial charge on any atom is 0.194 e. The summed E-state index contributed by atoms with van der Waals surface area (Å²) >= 11 is 1.37. The standard InChI is InChI=1S/C13H13N3OS/c1-10-4-3-5-11(8-10)12(17)6-7-18-13-15-14-9-16(13)2/h3-9H,1-2H3. The van der Waals surface area contributed by atoms with Crippen LogP contribution in [0.4, 0.5) is 0 Å². The average Bonchev–Trinajstić information content (AvgIpc) is 2.75. The third-order valence-electron chi connectivity index (χ3n) is 2.37. The maximum atomic E-state index is 11.9. The summed E-state index contributed by atoms with van der Waals surface area (Å²) in [6.45, 7) is 1.97. The number of nitrogens with zero attached hydrogens (tertiary/aromatic N) is 3. The molecular formula is C13H13N3OS. The second kappa shape index (κ2) is 5.64. The van der Waals surface area contributed by atoms with E-state index in [4.69, 9.17) is 0 Å². The van der Waals surface area contributed by atoms with Crippen LogP contribution in [0.1, 0.15) is 15.9 Å². The van der Waals surface area contributed by atoms with Crippen molar-refractivity contribution in [3.63, 3.8) is 0 Å². The summed E-state index contributed by atoms with van der Waals surface area (Å²) in [6, 6.07) is 7.54. The molecule has 0 radical (unpaired) electrons. The molecule has 0 fully saturated rings.